The van der Waals surface area contributed by atoms with E-state index in [1.165, 1.54) is 18.2 Å². The summed E-state index contributed by atoms with van der Waals surface area (Å²) in [5.41, 5.74) is 0.915. The summed E-state index contributed by atoms with van der Waals surface area (Å²) in [6.07, 6.45) is 0. The van der Waals surface area contributed by atoms with Crippen LogP contribution in [0, 0.1) is 5.82 Å². The number of likely N-dealkylation sites (N-methyl/N-ethyl adjacent to an activating group) is 1. The van der Waals surface area contributed by atoms with Crippen LogP contribution in [-0.4, -0.2) is 20.2 Å². The molecule has 0 saturated carbocycles. The van der Waals surface area contributed by atoms with E-state index in [9.17, 15) is 4.39 Å². The van der Waals surface area contributed by atoms with Gasteiger partial charge in [-0.05, 0) is 24.8 Å². The van der Waals surface area contributed by atoms with Crippen LogP contribution < -0.4 is 10.1 Å². The lowest BCUT2D eigenvalue weighted by molar-refractivity contribution is 0.348. The molecule has 15 heavy (non-hydrogen) atoms. The number of hydrogen-bond acceptors (Lipinski definition) is 2. The van der Waals surface area contributed by atoms with Gasteiger partial charge < -0.3 is 10.1 Å². The summed E-state index contributed by atoms with van der Waals surface area (Å²) in [7, 11) is 1.83. The molecule has 0 spiro atoms. The molecule has 0 radical (unpaired) electrons. The van der Waals surface area contributed by atoms with E-state index >= 15 is 0 Å². The van der Waals surface area contributed by atoms with Gasteiger partial charge in [0.15, 0.2) is 0 Å². The molecule has 1 rings (SSSR count). The van der Waals surface area contributed by atoms with Gasteiger partial charge in [0, 0.05) is 12.6 Å². The van der Waals surface area contributed by atoms with Crippen LogP contribution in [0.25, 0.3) is 0 Å². The summed E-state index contributed by atoms with van der Waals surface area (Å²) >= 11 is 5.60. The molecule has 1 N–H and O–H groups in total. The molecule has 1 aromatic rings. The van der Waals surface area contributed by atoms with Crippen LogP contribution >= 0.6 is 11.6 Å². The zero-order valence-corrected chi connectivity index (χ0v) is 9.27. The zero-order valence-electron chi connectivity index (χ0n) is 8.52. The molecule has 0 atom stereocenters. The Labute approximate surface area is 93.7 Å². The van der Waals surface area contributed by atoms with Crippen molar-refractivity contribution in [3.8, 4) is 5.75 Å². The van der Waals surface area contributed by atoms with Gasteiger partial charge in [0.2, 0.25) is 0 Å². The Morgan fingerprint density at radius 3 is 2.93 bits per heavy atom. The number of rotatable bonds is 5. The van der Waals surface area contributed by atoms with Crippen molar-refractivity contribution >= 4 is 11.6 Å². The molecule has 0 amide bonds. The van der Waals surface area contributed by atoms with Gasteiger partial charge in [-0.3, -0.25) is 0 Å². The summed E-state index contributed by atoms with van der Waals surface area (Å²) in [4.78, 5) is 0. The second kappa shape index (κ2) is 5.73. The minimum absolute atomic E-state index is 0.0618. The van der Waals surface area contributed by atoms with Crippen LogP contribution in [0.15, 0.2) is 30.4 Å². The highest BCUT2D eigenvalue weighted by atomic mass is 35.5. The van der Waals surface area contributed by atoms with Gasteiger partial charge in [-0.1, -0.05) is 18.2 Å². The molecule has 0 aliphatic carbocycles. The molecule has 0 heterocycles. The number of halogens is 2. The summed E-state index contributed by atoms with van der Waals surface area (Å²) < 4.78 is 18.2. The van der Waals surface area contributed by atoms with Crippen LogP contribution in [-0.2, 0) is 0 Å². The van der Waals surface area contributed by atoms with Crippen LogP contribution in [0.1, 0.15) is 0 Å². The van der Waals surface area contributed by atoms with E-state index in [-0.39, 0.29) is 5.02 Å². The number of hydrogen-bond donors (Lipinski definition) is 1. The molecular weight excluding hydrogens is 217 g/mol. The highest BCUT2D eigenvalue weighted by Crippen LogP contribution is 2.21. The summed E-state index contributed by atoms with van der Waals surface area (Å²) in [5.74, 6) is 0.0942. The predicted octanol–water partition coefficient (Wildman–Crippen LogP) is 2.63. The first-order valence-corrected chi connectivity index (χ1v) is 4.90. The Morgan fingerprint density at radius 1 is 1.60 bits per heavy atom. The summed E-state index contributed by atoms with van der Waals surface area (Å²) in [6, 6.07) is 4.26. The van der Waals surface area contributed by atoms with E-state index in [1.54, 1.807) is 0 Å². The van der Waals surface area contributed by atoms with Gasteiger partial charge in [-0.2, -0.15) is 0 Å². The third kappa shape index (κ3) is 3.90. The minimum atomic E-state index is -0.446. The van der Waals surface area contributed by atoms with Crippen molar-refractivity contribution in [2.45, 2.75) is 0 Å². The Kier molecular flexibility index (Phi) is 4.59. The monoisotopic (exact) mass is 229 g/mol. The summed E-state index contributed by atoms with van der Waals surface area (Å²) in [6.45, 7) is 4.89. The van der Waals surface area contributed by atoms with E-state index < -0.39 is 5.82 Å². The standard InChI is InChI=1S/C11H13ClFNO/c1-8(6-14-2)7-15-9-3-4-11(13)10(12)5-9/h3-5,14H,1,6-7H2,2H3. The SMILES string of the molecule is C=C(CNC)COc1ccc(F)c(Cl)c1. The third-order valence-electron chi connectivity index (χ3n) is 1.76. The van der Waals surface area contributed by atoms with E-state index in [2.05, 4.69) is 11.9 Å². The van der Waals surface area contributed by atoms with Gasteiger partial charge >= 0.3 is 0 Å². The molecular formula is C11H13ClFNO. The maximum absolute atomic E-state index is 12.8. The van der Waals surface area contributed by atoms with Crippen LogP contribution in [0.5, 0.6) is 5.75 Å². The molecule has 0 unspecified atom stereocenters. The van der Waals surface area contributed by atoms with Crippen molar-refractivity contribution in [1.82, 2.24) is 5.32 Å². The third-order valence-corrected chi connectivity index (χ3v) is 2.05. The highest BCUT2D eigenvalue weighted by Gasteiger charge is 2.02. The molecule has 2 nitrogen and oxygen atoms in total. The normalized spacial score (nSPS) is 10.1. The van der Waals surface area contributed by atoms with Gasteiger partial charge in [0.1, 0.15) is 18.2 Å². The average Bonchev–Trinajstić information content (AvgIpc) is 2.20. The smallest absolute Gasteiger partial charge is 0.142 e. The molecule has 0 saturated heterocycles. The van der Waals surface area contributed by atoms with Crippen molar-refractivity contribution < 1.29 is 9.13 Å². The first kappa shape index (κ1) is 12.0. The lowest BCUT2D eigenvalue weighted by Crippen LogP contribution is -2.14. The first-order chi connectivity index (χ1) is 7.13. The van der Waals surface area contributed by atoms with Crippen LogP contribution in [0.3, 0.4) is 0 Å². The number of benzene rings is 1. The van der Waals surface area contributed by atoms with E-state index in [1.807, 2.05) is 7.05 Å². The van der Waals surface area contributed by atoms with Crippen molar-refractivity contribution in [3.63, 3.8) is 0 Å². The van der Waals surface area contributed by atoms with Crippen LogP contribution in [0.2, 0.25) is 5.02 Å². The Balaban J connectivity index is 2.51. The maximum atomic E-state index is 12.8. The Morgan fingerprint density at radius 2 is 2.33 bits per heavy atom. The average molecular weight is 230 g/mol. The second-order valence-corrected chi connectivity index (χ2v) is 3.55. The van der Waals surface area contributed by atoms with E-state index in [4.69, 9.17) is 16.3 Å². The number of nitrogens with one attached hydrogen (secondary N) is 1. The highest BCUT2D eigenvalue weighted by molar-refractivity contribution is 6.30. The van der Waals surface area contributed by atoms with E-state index in [0.29, 0.717) is 18.9 Å². The molecule has 4 heteroatoms. The Bertz CT molecular complexity index is 354. The first-order valence-electron chi connectivity index (χ1n) is 4.52. The van der Waals surface area contributed by atoms with Crippen LogP contribution in [0.4, 0.5) is 4.39 Å². The largest absolute Gasteiger partial charge is 0.489 e. The molecule has 0 aliphatic heterocycles. The van der Waals surface area contributed by atoms with Gasteiger partial charge in [-0.15, -0.1) is 0 Å². The quantitative estimate of drug-likeness (QED) is 0.784. The second-order valence-electron chi connectivity index (χ2n) is 3.14. The van der Waals surface area contributed by atoms with Crippen molar-refractivity contribution in [2.75, 3.05) is 20.2 Å². The van der Waals surface area contributed by atoms with Crippen molar-refractivity contribution in [2.24, 2.45) is 0 Å². The molecule has 0 fully saturated rings. The van der Waals surface area contributed by atoms with Gasteiger partial charge in [-0.25, -0.2) is 4.39 Å². The molecule has 0 aromatic heterocycles. The maximum Gasteiger partial charge on any atom is 0.142 e. The van der Waals surface area contributed by atoms with Gasteiger partial charge in [0.05, 0.1) is 5.02 Å². The topological polar surface area (TPSA) is 21.3 Å². The number of ether oxygens (including phenoxy) is 1. The fraction of sp³-hybridized carbons (Fsp3) is 0.273. The van der Waals surface area contributed by atoms with Crippen molar-refractivity contribution in [3.05, 3.63) is 41.2 Å². The zero-order chi connectivity index (χ0) is 11.3. The lowest BCUT2D eigenvalue weighted by atomic mass is 10.3. The lowest BCUT2D eigenvalue weighted by Gasteiger charge is -2.08. The summed E-state index contributed by atoms with van der Waals surface area (Å²) in [5, 5.41) is 3.02. The molecule has 1 aromatic carbocycles. The molecule has 82 valence electrons. The van der Waals surface area contributed by atoms with Crippen molar-refractivity contribution in [1.29, 1.82) is 0 Å². The predicted molar refractivity (Wildman–Crippen MR) is 60.0 cm³/mol. The molecule has 0 bridgehead atoms. The fourth-order valence-electron chi connectivity index (χ4n) is 1.05. The Hall–Kier alpha value is -1.06. The minimum Gasteiger partial charge on any atom is -0.489 e. The fourth-order valence-corrected chi connectivity index (χ4v) is 1.22. The van der Waals surface area contributed by atoms with E-state index in [0.717, 1.165) is 5.57 Å². The molecule has 0 aliphatic rings. The van der Waals surface area contributed by atoms with Gasteiger partial charge in [0.25, 0.3) is 0 Å².